The first-order valence-corrected chi connectivity index (χ1v) is 13.9. The molecule has 4 aliphatic carbocycles. The zero-order valence-electron chi connectivity index (χ0n) is 22.3. The lowest BCUT2D eigenvalue weighted by atomic mass is 9.44. The zero-order chi connectivity index (χ0) is 29.8. The summed E-state index contributed by atoms with van der Waals surface area (Å²) in [7, 11) is 0. The number of allylic oxidation sites excluding steroid dienone is 4. The van der Waals surface area contributed by atoms with Crippen molar-refractivity contribution in [3.8, 4) is 0 Å². The summed E-state index contributed by atoms with van der Waals surface area (Å²) in [5.74, 6) is -4.38. The van der Waals surface area contributed by atoms with E-state index in [9.17, 15) is 27.9 Å². The standard InChI is InChI=1S/C29H29ClF5NO5/c1-25-8-7-18(37)10-21(25)22(31)11-20-19-9-15-13-36(17-5-3-16(30)4-6-17)41-29(15,24(39)40-14-27(32,33)34)26(19,2)12-23(38)28(20,25)35/h3-8,10,15,19-20,22-23,38H,9,11-14H2,1-2H3/t15-,19?,20-,22-,23-,25-,26-,28-,29-/m0/s1. The second-order valence-corrected chi connectivity index (χ2v) is 12.8. The number of aliphatic hydroxyl groups is 1. The molecule has 5 aliphatic rings. The van der Waals surface area contributed by atoms with Crippen LogP contribution in [-0.4, -0.2) is 59.7 Å². The number of hydrogen-bond acceptors (Lipinski definition) is 6. The number of hydroxylamine groups is 1. The molecule has 0 amide bonds. The fraction of sp³-hybridized carbons (Fsp3) is 0.586. The first kappa shape index (κ1) is 28.6. The van der Waals surface area contributed by atoms with Gasteiger partial charge in [0.15, 0.2) is 18.1 Å². The van der Waals surface area contributed by atoms with Gasteiger partial charge in [-0.2, -0.15) is 13.2 Å². The van der Waals surface area contributed by atoms with Gasteiger partial charge in [-0.25, -0.2) is 13.6 Å². The van der Waals surface area contributed by atoms with E-state index in [4.69, 9.17) is 21.2 Å². The lowest BCUT2D eigenvalue weighted by molar-refractivity contribution is -0.241. The molecule has 1 N–H and O–H groups in total. The Balaban J connectivity index is 1.44. The lowest BCUT2D eigenvalue weighted by Crippen LogP contribution is -2.70. The quantitative estimate of drug-likeness (QED) is 0.365. The van der Waals surface area contributed by atoms with Crippen LogP contribution in [0.3, 0.4) is 0 Å². The van der Waals surface area contributed by atoms with Crippen LogP contribution in [0.4, 0.5) is 27.6 Å². The van der Waals surface area contributed by atoms with Gasteiger partial charge in [-0.05, 0) is 74.1 Å². The topological polar surface area (TPSA) is 76.1 Å². The number of fused-ring (bicyclic) bond motifs is 7. The second-order valence-electron chi connectivity index (χ2n) is 12.3. The number of aliphatic hydroxyl groups excluding tert-OH is 1. The van der Waals surface area contributed by atoms with Gasteiger partial charge in [0.2, 0.25) is 5.60 Å². The third-order valence-electron chi connectivity index (χ3n) is 10.4. The van der Waals surface area contributed by atoms with Crippen LogP contribution in [-0.2, 0) is 19.2 Å². The Morgan fingerprint density at radius 1 is 1.20 bits per heavy atom. The van der Waals surface area contributed by atoms with E-state index in [1.165, 1.54) is 18.1 Å². The molecule has 3 saturated carbocycles. The fourth-order valence-electron chi connectivity index (χ4n) is 8.60. The molecule has 6 nitrogen and oxygen atoms in total. The summed E-state index contributed by atoms with van der Waals surface area (Å²) >= 11 is 6.00. The van der Waals surface area contributed by atoms with Crippen LogP contribution in [0.15, 0.2) is 48.1 Å². The van der Waals surface area contributed by atoms with Gasteiger partial charge in [0.25, 0.3) is 0 Å². The summed E-state index contributed by atoms with van der Waals surface area (Å²) in [4.78, 5) is 32.1. The summed E-state index contributed by atoms with van der Waals surface area (Å²) in [5.41, 5.74) is -7.03. The number of carbonyl (C=O) groups is 2. The lowest BCUT2D eigenvalue weighted by Gasteiger charge is -2.63. The van der Waals surface area contributed by atoms with E-state index in [2.05, 4.69) is 0 Å². The Labute approximate surface area is 238 Å². The smallest absolute Gasteiger partial charge is 0.422 e. The maximum atomic E-state index is 17.5. The number of nitrogens with zero attached hydrogens (tertiary/aromatic N) is 1. The SMILES string of the molecule is C[C@]12C=CC(=O)C=C1[C@@H](F)C[C@H]1C3C[C@H]4CN(c5ccc(Cl)cc5)O[C@@]4(C(=O)OCC(F)(F)F)[C@@]3(C)C[C@H](O)[C@@]12F. The normalized spacial score (nSPS) is 43.1. The molecule has 0 aromatic heterocycles. The fourth-order valence-corrected chi connectivity index (χ4v) is 8.73. The molecule has 0 bridgehead atoms. The van der Waals surface area contributed by atoms with E-state index in [1.54, 1.807) is 31.2 Å². The van der Waals surface area contributed by atoms with Crippen molar-refractivity contribution in [1.82, 2.24) is 0 Å². The molecule has 6 rings (SSSR count). The van der Waals surface area contributed by atoms with Crippen molar-refractivity contribution in [2.45, 2.75) is 62.8 Å². The van der Waals surface area contributed by atoms with E-state index in [0.717, 1.165) is 12.2 Å². The molecule has 1 aromatic carbocycles. The van der Waals surface area contributed by atoms with Gasteiger partial charge in [0, 0.05) is 27.7 Å². The van der Waals surface area contributed by atoms with E-state index in [0.29, 0.717) is 10.7 Å². The number of hydrogen-bond donors (Lipinski definition) is 1. The maximum absolute atomic E-state index is 17.5. The molecule has 41 heavy (non-hydrogen) atoms. The predicted octanol–water partition coefficient (Wildman–Crippen LogP) is 5.48. The molecule has 1 unspecified atom stereocenters. The average Bonchev–Trinajstić information content (AvgIpc) is 3.39. The van der Waals surface area contributed by atoms with Crippen molar-refractivity contribution in [1.29, 1.82) is 0 Å². The minimum absolute atomic E-state index is 0.0472. The van der Waals surface area contributed by atoms with Gasteiger partial charge >= 0.3 is 12.1 Å². The number of ketones is 1. The number of halogens is 6. The minimum Gasteiger partial charge on any atom is -0.454 e. The third kappa shape index (κ3) is 3.80. The van der Waals surface area contributed by atoms with Crippen LogP contribution < -0.4 is 5.06 Å². The van der Waals surface area contributed by atoms with Crippen molar-refractivity contribution >= 4 is 29.0 Å². The van der Waals surface area contributed by atoms with Crippen molar-refractivity contribution in [2.24, 2.45) is 28.6 Å². The highest BCUT2D eigenvalue weighted by molar-refractivity contribution is 6.30. The summed E-state index contributed by atoms with van der Waals surface area (Å²) in [5, 5.41) is 13.4. The van der Waals surface area contributed by atoms with Crippen LogP contribution >= 0.6 is 11.6 Å². The van der Waals surface area contributed by atoms with Crippen LogP contribution in [0.1, 0.15) is 33.1 Å². The summed E-state index contributed by atoms with van der Waals surface area (Å²) < 4.78 is 77.5. The van der Waals surface area contributed by atoms with E-state index < -0.39 is 76.7 Å². The molecular weight excluding hydrogens is 573 g/mol. The Kier molecular flexibility index (Phi) is 6.28. The highest BCUT2D eigenvalue weighted by Gasteiger charge is 2.80. The van der Waals surface area contributed by atoms with E-state index in [-0.39, 0.29) is 31.4 Å². The van der Waals surface area contributed by atoms with E-state index >= 15 is 8.78 Å². The molecule has 4 fully saturated rings. The molecule has 1 aromatic rings. The average molecular weight is 602 g/mol. The van der Waals surface area contributed by atoms with E-state index in [1.807, 2.05) is 0 Å². The molecule has 9 atom stereocenters. The molecule has 12 heteroatoms. The Morgan fingerprint density at radius 2 is 1.88 bits per heavy atom. The molecule has 222 valence electrons. The van der Waals surface area contributed by atoms with Gasteiger partial charge in [0.1, 0.15) is 6.17 Å². The van der Waals surface area contributed by atoms with Crippen LogP contribution in [0.2, 0.25) is 5.02 Å². The molecular formula is C29H29ClF5NO5. The second kappa shape index (κ2) is 9.00. The first-order valence-electron chi connectivity index (χ1n) is 13.5. The third-order valence-corrected chi connectivity index (χ3v) is 10.7. The van der Waals surface area contributed by atoms with Gasteiger partial charge in [0.05, 0.1) is 18.3 Å². The summed E-state index contributed by atoms with van der Waals surface area (Å²) in [6.45, 7) is 1.25. The summed E-state index contributed by atoms with van der Waals surface area (Å²) in [6.07, 6.45) is -5.32. The molecule has 1 saturated heterocycles. The van der Waals surface area contributed by atoms with Crippen LogP contribution in [0.5, 0.6) is 0 Å². The van der Waals surface area contributed by atoms with Gasteiger partial charge in [-0.15, -0.1) is 0 Å². The van der Waals surface area contributed by atoms with Gasteiger partial charge in [-0.3, -0.25) is 14.7 Å². The number of benzene rings is 1. The Morgan fingerprint density at radius 3 is 2.54 bits per heavy atom. The molecule has 0 radical (unpaired) electrons. The first-order chi connectivity index (χ1) is 19.1. The predicted molar refractivity (Wildman–Crippen MR) is 137 cm³/mol. The Hall–Kier alpha value is -2.50. The largest absolute Gasteiger partial charge is 0.454 e. The molecule has 1 heterocycles. The number of ether oxygens (including phenoxy) is 1. The minimum atomic E-state index is -4.80. The number of esters is 1. The maximum Gasteiger partial charge on any atom is 0.422 e. The number of rotatable bonds is 3. The van der Waals surface area contributed by atoms with Gasteiger partial charge in [-0.1, -0.05) is 24.6 Å². The zero-order valence-corrected chi connectivity index (χ0v) is 23.0. The van der Waals surface area contributed by atoms with Crippen molar-refractivity contribution in [3.63, 3.8) is 0 Å². The molecule has 0 spiro atoms. The monoisotopic (exact) mass is 601 g/mol. The summed E-state index contributed by atoms with van der Waals surface area (Å²) in [6, 6.07) is 6.43. The van der Waals surface area contributed by atoms with Crippen LogP contribution in [0.25, 0.3) is 0 Å². The molecule has 1 aliphatic heterocycles. The number of anilines is 1. The highest BCUT2D eigenvalue weighted by Crippen LogP contribution is 2.72. The number of carbonyl (C=O) groups excluding carboxylic acids is 2. The van der Waals surface area contributed by atoms with Crippen LogP contribution in [0, 0.1) is 28.6 Å². The van der Waals surface area contributed by atoms with Crippen molar-refractivity contribution in [2.75, 3.05) is 18.2 Å². The number of alkyl halides is 5. The van der Waals surface area contributed by atoms with Gasteiger partial charge < -0.3 is 9.84 Å². The highest BCUT2D eigenvalue weighted by atomic mass is 35.5. The van der Waals surface area contributed by atoms with Crippen molar-refractivity contribution in [3.05, 3.63) is 53.1 Å². The Bertz CT molecular complexity index is 1350. The van der Waals surface area contributed by atoms with Crippen molar-refractivity contribution < 1.29 is 46.2 Å².